The van der Waals surface area contributed by atoms with Gasteiger partial charge in [-0.3, -0.25) is 16.4 Å². The predicted molar refractivity (Wildman–Crippen MR) is 136 cm³/mol. The van der Waals surface area contributed by atoms with Crippen LogP contribution in [-0.2, 0) is 9.59 Å². The molecule has 0 amide bonds. The molecule has 182 valence electrons. The molecule has 36 heavy (non-hydrogen) atoms. The van der Waals surface area contributed by atoms with E-state index >= 15 is 0 Å². The summed E-state index contributed by atoms with van der Waals surface area (Å²) >= 11 is 6.42. The van der Waals surface area contributed by atoms with Crippen LogP contribution in [-0.4, -0.2) is 36.1 Å². The average Bonchev–Trinajstić information content (AvgIpc) is 3.27. The van der Waals surface area contributed by atoms with Gasteiger partial charge in [-0.15, -0.1) is 19.0 Å². The second-order valence-corrected chi connectivity index (χ2v) is 8.33. The molecule has 5 rings (SSSR count). The number of aliphatic imine (C=N–C) groups is 1. The van der Waals surface area contributed by atoms with Gasteiger partial charge in [0.1, 0.15) is 11.6 Å². The first-order valence-electron chi connectivity index (χ1n) is 11.2. The summed E-state index contributed by atoms with van der Waals surface area (Å²) in [5.74, 6) is -0.254. The summed E-state index contributed by atoms with van der Waals surface area (Å²) in [7, 11) is 0. The fraction of sp³-hybridized carbons (Fsp3) is 0.231. The van der Waals surface area contributed by atoms with Crippen LogP contribution in [0.3, 0.4) is 0 Å². The second-order valence-electron chi connectivity index (χ2n) is 7.93. The molecule has 2 atom stereocenters. The van der Waals surface area contributed by atoms with Crippen LogP contribution in [0.1, 0.15) is 24.4 Å². The fourth-order valence-electron chi connectivity index (χ4n) is 3.96. The molecule has 2 unspecified atom stereocenters. The number of benzene rings is 2. The van der Waals surface area contributed by atoms with Crippen molar-refractivity contribution in [2.24, 2.45) is 10.9 Å². The van der Waals surface area contributed by atoms with E-state index in [-0.39, 0.29) is 37.1 Å². The number of fused-ring (bicyclic) bond motifs is 1. The van der Waals surface area contributed by atoms with E-state index in [1.54, 1.807) is 6.07 Å². The van der Waals surface area contributed by atoms with Gasteiger partial charge in [0, 0.05) is 16.3 Å². The molecule has 0 fully saturated rings. The molecule has 0 bridgehead atoms. The number of halogens is 1. The number of ketones is 1. The van der Waals surface area contributed by atoms with Gasteiger partial charge in [-0.25, -0.2) is 4.99 Å². The SMILES string of the molecule is O=[C-]C1CC(=O)C2=C(C1)NC(Nc1nc3ccccc3o1)=NC2c1ccccc1Cl.[CH2-]CNC[CH2-].[Li+]. The first-order valence-corrected chi connectivity index (χ1v) is 11.6. The van der Waals surface area contributed by atoms with Gasteiger partial charge in [0.25, 0.3) is 0 Å². The first-order chi connectivity index (χ1) is 17.0. The van der Waals surface area contributed by atoms with E-state index in [4.69, 9.17) is 21.0 Å². The van der Waals surface area contributed by atoms with Crippen LogP contribution in [0.4, 0.5) is 6.01 Å². The van der Waals surface area contributed by atoms with Gasteiger partial charge < -0.3 is 33.7 Å². The molecule has 10 heteroatoms. The van der Waals surface area contributed by atoms with E-state index in [9.17, 15) is 9.59 Å². The molecule has 2 aromatic carbocycles. The maximum absolute atomic E-state index is 12.8. The molecule has 8 nitrogen and oxygen atoms in total. The topological polar surface area (TPSA) is 109 Å². The van der Waals surface area contributed by atoms with Crippen molar-refractivity contribution in [1.82, 2.24) is 15.6 Å². The van der Waals surface area contributed by atoms with Crippen LogP contribution < -0.4 is 34.8 Å². The summed E-state index contributed by atoms with van der Waals surface area (Å²) in [4.78, 5) is 33.2. The van der Waals surface area contributed by atoms with Crippen molar-refractivity contribution in [3.8, 4) is 0 Å². The van der Waals surface area contributed by atoms with E-state index in [0.717, 1.165) is 13.1 Å². The van der Waals surface area contributed by atoms with Gasteiger partial charge >= 0.3 is 24.9 Å². The second kappa shape index (κ2) is 12.9. The molecule has 2 heterocycles. The van der Waals surface area contributed by atoms with E-state index in [1.807, 2.05) is 48.8 Å². The molecule has 3 aromatic rings. The number of hydrogen-bond acceptors (Lipinski definition) is 8. The number of para-hydroxylation sites is 2. The number of carbonyl (C=O) groups is 1. The fourth-order valence-corrected chi connectivity index (χ4v) is 4.20. The standard InChI is InChI=1S/C22H16ClN4O3.C4H9N.Li/c23-14-6-2-1-5-13(14)20-19-16(9-12(11-28)10-17(19)29)24-21(26-20)27-22-25-15-7-3-4-8-18(15)30-22;1-3-5-4-2;/h1-8,12,20H,9-10H2,(H2,24,25,26,27);5H,1-4H2;/q-1;-2;+1. The van der Waals surface area contributed by atoms with Crippen molar-refractivity contribution in [2.75, 3.05) is 18.4 Å². The molecule has 0 radical (unpaired) electrons. The largest absolute Gasteiger partial charge is 1.00 e. The number of hydrogen-bond donors (Lipinski definition) is 3. The van der Waals surface area contributed by atoms with Gasteiger partial charge in [-0.2, -0.15) is 4.98 Å². The Morgan fingerprint density at radius 3 is 2.50 bits per heavy atom. The summed E-state index contributed by atoms with van der Waals surface area (Å²) in [6, 6.07) is 14.4. The van der Waals surface area contributed by atoms with E-state index in [2.05, 4.69) is 34.8 Å². The molecule has 1 aliphatic heterocycles. The summed E-state index contributed by atoms with van der Waals surface area (Å²) in [6.45, 7) is 8.61. The third-order valence-corrected chi connectivity index (χ3v) is 5.89. The van der Waals surface area contributed by atoms with Crippen molar-refractivity contribution >= 4 is 46.7 Å². The summed E-state index contributed by atoms with van der Waals surface area (Å²) in [6.07, 6.45) is 2.45. The number of oxazole rings is 1. The third kappa shape index (κ3) is 6.26. The van der Waals surface area contributed by atoms with Crippen LogP contribution in [0, 0.1) is 19.8 Å². The van der Waals surface area contributed by atoms with Crippen LogP contribution in [0.25, 0.3) is 11.1 Å². The number of allylic oxidation sites excluding steroid dienone is 1. The molecular formula is C26H25ClLiN5O3-2. The van der Waals surface area contributed by atoms with E-state index in [0.29, 0.717) is 45.3 Å². The Morgan fingerprint density at radius 1 is 1.11 bits per heavy atom. The number of guanidine groups is 1. The molecule has 3 N–H and O–H groups in total. The first kappa shape index (κ1) is 27.7. The van der Waals surface area contributed by atoms with E-state index < -0.39 is 12.0 Å². The zero-order valence-electron chi connectivity index (χ0n) is 20.0. The third-order valence-electron chi connectivity index (χ3n) is 5.55. The molecule has 1 aromatic heterocycles. The van der Waals surface area contributed by atoms with Crippen LogP contribution in [0.15, 0.2) is 69.2 Å². The number of aromatic nitrogens is 1. The number of carbonyl (C=O) groups excluding carboxylic acids is 2. The van der Waals surface area contributed by atoms with Crippen LogP contribution >= 0.6 is 11.6 Å². The minimum absolute atomic E-state index is 0. The monoisotopic (exact) mass is 497 g/mol. The summed E-state index contributed by atoms with van der Waals surface area (Å²) in [5.41, 5.74) is 3.23. The van der Waals surface area contributed by atoms with Crippen molar-refractivity contribution < 1.29 is 32.9 Å². The number of anilines is 1. The molecule has 0 spiro atoms. The van der Waals surface area contributed by atoms with Crippen LogP contribution in [0.2, 0.25) is 5.02 Å². The Balaban J connectivity index is 0.000000551. The normalized spacial score (nSPS) is 18.8. The van der Waals surface area contributed by atoms with Crippen molar-refractivity contribution in [3.05, 3.63) is 84.2 Å². The quantitative estimate of drug-likeness (QED) is 0.359. The van der Waals surface area contributed by atoms with Crippen LogP contribution in [0.5, 0.6) is 0 Å². The number of nitrogens with one attached hydrogen (secondary N) is 3. The Kier molecular flexibility index (Phi) is 9.91. The Morgan fingerprint density at radius 2 is 1.83 bits per heavy atom. The van der Waals surface area contributed by atoms with Gasteiger partial charge in [-0.1, -0.05) is 41.9 Å². The Hall–Kier alpha value is -2.89. The average molecular weight is 498 g/mol. The van der Waals surface area contributed by atoms with Crippen molar-refractivity contribution in [2.45, 2.75) is 18.9 Å². The molecule has 2 aliphatic rings. The number of Topliss-reactive ketones (excluding diaryl/α,β-unsaturated/α-hetero) is 1. The van der Waals surface area contributed by atoms with Gasteiger partial charge in [0.05, 0.1) is 0 Å². The van der Waals surface area contributed by atoms with Crippen molar-refractivity contribution in [1.29, 1.82) is 0 Å². The van der Waals surface area contributed by atoms with Gasteiger partial charge in [0.2, 0.25) is 5.96 Å². The molecular weight excluding hydrogens is 473 g/mol. The predicted octanol–water partition coefficient (Wildman–Crippen LogP) is 1.18. The van der Waals surface area contributed by atoms with Gasteiger partial charge in [-0.05, 0) is 36.6 Å². The summed E-state index contributed by atoms with van der Waals surface area (Å²) in [5, 5.41) is 9.58. The maximum atomic E-state index is 12.8. The number of nitrogens with zero attached hydrogens (tertiary/aromatic N) is 2. The zero-order chi connectivity index (χ0) is 24.8. The Labute approximate surface area is 227 Å². The zero-order valence-corrected chi connectivity index (χ0v) is 20.8. The van der Waals surface area contributed by atoms with Crippen molar-refractivity contribution in [3.63, 3.8) is 0 Å². The molecule has 0 saturated carbocycles. The van der Waals surface area contributed by atoms with Gasteiger partial charge in [0.15, 0.2) is 11.4 Å². The van der Waals surface area contributed by atoms with E-state index in [1.165, 1.54) is 0 Å². The Bertz CT molecular complexity index is 1250. The summed E-state index contributed by atoms with van der Waals surface area (Å²) < 4.78 is 5.72. The smallest absolute Gasteiger partial charge is 0.541 e. The minimum Gasteiger partial charge on any atom is -0.541 e. The number of rotatable bonds is 5. The molecule has 0 saturated heterocycles. The minimum atomic E-state index is -0.595. The molecule has 1 aliphatic carbocycles. The maximum Gasteiger partial charge on any atom is 1.00 e.